The van der Waals surface area contributed by atoms with Crippen molar-refractivity contribution in [1.82, 2.24) is 10.2 Å². The van der Waals surface area contributed by atoms with Gasteiger partial charge in [-0.3, -0.25) is 14.4 Å². The lowest BCUT2D eigenvalue weighted by atomic mass is 9.49. The first kappa shape index (κ1) is 29.2. The van der Waals surface area contributed by atoms with Crippen molar-refractivity contribution in [3.05, 3.63) is 34.9 Å². The maximum atomic E-state index is 14.0. The van der Waals surface area contributed by atoms with Crippen molar-refractivity contribution in [3.63, 3.8) is 0 Å². The van der Waals surface area contributed by atoms with Crippen LogP contribution >= 0.6 is 0 Å². The van der Waals surface area contributed by atoms with Crippen LogP contribution < -0.4 is 14.8 Å². The van der Waals surface area contributed by atoms with Crippen LogP contribution in [0, 0.1) is 23.2 Å². The molecule has 0 radical (unpaired) electrons. The number of aliphatic hydroxyl groups excluding tert-OH is 2. The Hall–Kier alpha value is -2.91. The van der Waals surface area contributed by atoms with E-state index < -0.39 is 30.1 Å². The summed E-state index contributed by atoms with van der Waals surface area (Å²) < 4.78 is 11.9. The van der Waals surface area contributed by atoms with Gasteiger partial charge in [0.2, 0.25) is 11.8 Å². The quantitative estimate of drug-likeness (QED) is 0.343. The average molecular weight is 581 g/mol. The molecular formula is C33H44N2O7. The van der Waals surface area contributed by atoms with Gasteiger partial charge in [-0.1, -0.05) is 13.3 Å². The van der Waals surface area contributed by atoms with Crippen LogP contribution in [0.4, 0.5) is 0 Å². The van der Waals surface area contributed by atoms with Gasteiger partial charge >= 0.3 is 0 Å². The summed E-state index contributed by atoms with van der Waals surface area (Å²) in [7, 11) is 1.49. The molecule has 1 aromatic rings. The van der Waals surface area contributed by atoms with Crippen molar-refractivity contribution in [2.45, 2.75) is 88.9 Å². The van der Waals surface area contributed by atoms with E-state index in [9.17, 15) is 24.6 Å². The van der Waals surface area contributed by atoms with Gasteiger partial charge in [-0.15, -0.1) is 0 Å². The molecular weight excluding hydrogens is 536 g/mol. The Kier molecular flexibility index (Phi) is 8.09. The summed E-state index contributed by atoms with van der Waals surface area (Å²) in [6.07, 6.45) is 9.79. The summed E-state index contributed by atoms with van der Waals surface area (Å²) in [6, 6.07) is 2.51. The number of aliphatic hydroxyl groups is 2. The number of carbonyl (C=O) groups excluding carboxylic acids is 3. The normalized spacial score (nSPS) is 33.7. The SMILES string of the molecule is CCCCC(=O)N(CC12CC3CC(CC(C3)C1)C2)[C@@H]1C=C(C(=O)NCCO)[C@@H]2c3cc(C=O)cc(OC)c3O[C@@H]2[C@H]1O. The van der Waals surface area contributed by atoms with Gasteiger partial charge in [0, 0.05) is 36.2 Å². The molecule has 6 aliphatic rings. The second-order valence-corrected chi connectivity index (χ2v) is 13.4. The van der Waals surface area contributed by atoms with Crippen LogP contribution in [0.3, 0.4) is 0 Å². The molecule has 3 N–H and O–H groups in total. The predicted octanol–water partition coefficient (Wildman–Crippen LogP) is 3.37. The number of hydrogen-bond donors (Lipinski definition) is 3. The van der Waals surface area contributed by atoms with Crippen molar-refractivity contribution in [2.24, 2.45) is 23.2 Å². The van der Waals surface area contributed by atoms with Crippen LogP contribution in [0.1, 0.15) is 86.6 Å². The van der Waals surface area contributed by atoms with E-state index in [-0.39, 0.29) is 24.5 Å². The number of aldehydes is 1. The minimum absolute atomic E-state index is 0.00204. The molecule has 4 bridgehead atoms. The van der Waals surface area contributed by atoms with Crippen LogP contribution in [0.5, 0.6) is 11.5 Å². The highest BCUT2D eigenvalue weighted by atomic mass is 16.5. The van der Waals surface area contributed by atoms with E-state index in [2.05, 4.69) is 12.2 Å². The molecule has 0 aromatic heterocycles. The molecule has 0 unspecified atom stereocenters. The molecule has 42 heavy (non-hydrogen) atoms. The third kappa shape index (κ3) is 5.12. The zero-order chi connectivity index (χ0) is 29.6. The van der Waals surface area contributed by atoms with Gasteiger partial charge in [0.25, 0.3) is 0 Å². The minimum atomic E-state index is -1.10. The first-order chi connectivity index (χ1) is 20.3. The molecule has 1 aliphatic heterocycles. The summed E-state index contributed by atoms with van der Waals surface area (Å²) in [6.45, 7) is 2.48. The average Bonchev–Trinajstić information content (AvgIpc) is 3.36. The number of nitrogens with one attached hydrogen (secondary N) is 1. The number of hydrogen-bond acceptors (Lipinski definition) is 7. The number of fused-ring (bicyclic) bond motifs is 3. The highest BCUT2D eigenvalue weighted by Crippen LogP contribution is 2.60. The van der Waals surface area contributed by atoms with Crippen molar-refractivity contribution < 1.29 is 34.1 Å². The number of methoxy groups -OCH3 is 1. The Morgan fingerprint density at radius 3 is 2.45 bits per heavy atom. The Morgan fingerprint density at radius 1 is 1.17 bits per heavy atom. The van der Waals surface area contributed by atoms with Gasteiger partial charge in [0.15, 0.2) is 11.5 Å². The number of benzene rings is 1. The van der Waals surface area contributed by atoms with Gasteiger partial charge in [0.1, 0.15) is 18.5 Å². The largest absolute Gasteiger partial charge is 0.493 e. The highest BCUT2D eigenvalue weighted by Gasteiger charge is 2.55. The van der Waals surface area contributed by atoms with Crippen LogP contribution in [-0.4, -0.2) is 78.3 Å². The van der Waals surface area contributed by atoms with Crippen molar-refractivity contribution in [1.29, 1.82) is 0 Å². The zero-order valence-corrected chi connectivity index (χ0v) is 24.7. The number of carbonyl (C=O) groups is 3. The summed E-state index contributed by atoms with van der Waals surface area (Å²) in [5.74, 6) is 1.84. The molecule has 9 nitrogen and oxygen atoms in total. The minimum Gasteiger partial charge on any atom is -0.493 e. The molecule has 1 aromatic carbocycles. The summed E-state index contributed by atoms with van der Waals surface area (Å²) in [5.41, 5.74) is 1.38. The maximum Gasteiger partial charge on any atom is 0.247 e. The summed E-state index contributed by atoms with van der Waals surface area (Å²) >= 11 is 0. The fraction of sp³-hybridized carbons (Fsp3) is 0.667. The van der Waals surface area contributed by atoms with Gasteiger partial charge in [-0.2, -0.15) is 0 Å². The lowest BCUT2D eigenvalue weighted by Gasteiger charge is -2.58. The molecule has 228 valence electrons. The van der Waals surface area contributed by atoms with Gasteiger partial charge in [0.05, 0.1) is 25.7 Å². The second-order valence-electron chi connectivity index (χ2n) is 13.4. The smallest absolute Gasteiger partial charge is 0.247 e. The second kappa shape index (κ2) is 11.6. The van der Waals surface area contributed by atoms with Crippen molar-refractivity contribution in [2.75, 3.05) is 26.8 Å². The first-order valence-corrected chi connectivity index (χ1v) is 15.7. The summed E-state index contributed by atoms with van der Waals surface area (Å²) in [4.78, 5) is 41.2. The van der Waals surface area contributed by atoms with Crippen LogP contribution in [-0.2, 0) is 9.59 Å². The summed E-state index contributed by atoms with van der Waals surface area (Å²) in [5, 5.41) is 24.2. The lowest BCUT2D eigenvalue weighted by Crippen LogP contribution is -2.59. The number of unbranched alkanes of at least 4 members (excludes halogenated alkanes) is 1. The van der Waals surface area contributed by atoms with E-state index in [0.29, 0.717) is 65.2 Å². The number of nitrogens with zero attached hydrogens (tertiary/aromatic N) is 1. The molecule has 1 heterocycles. The fourth-order valence-corrected chi connectivity index (χ4v) is 9.24. The van der Waals surface area contributed by atoms with Crippen molar-refractivity contribution in [3.8, 4) is 11.5 Å². The molecule has 4 atom stereocenters. The number of rotatable bonds is 11. The topological polar surface area (TPSA) is 125 Å². The first-order valence-electron chi connectivity index (χ1n) is 15.7. The Balaban J connectivity index is 1.40. The van der Waals surface area contributed by atoms with Crippen LogP contribution in [0.25, 0.3) is 0 Å². The molecule has 9 heteroatoms. The van der Waals surface area contributed by atoms with E-state index in [4.69, 9.17) is 9.47 Å². The van der Waals surface area contributed by atoms with E-state index >= 15 is 0 Å². The maximum absolute atomic E-state index is 14.0. The Morgan fingerprint density at radius 2 is 1.86 bits per heavy atom. The highest BCUT2D eigenvalue weighted by molar-refractivity contribution is 5.96. The predicted molar refractivity (Wildman–Crippen MR) is 155 cm³/mol. The number of ether oxygens (including phenoxy) is 2. The van der Waals surface area contributed by atoms with E-state index in [1.54, 1.807) is 18.2 Å². The molecule has 5 aliphatic carbocycles. The van der Waals surface area contributed by atoms with Gasteiger partial charge < -0.3 is 29.9 Å². The molecule has 2 amide bonds. The van der Waals surface area contributed by atoms with Crippen LogP contribution in [0.15, 0.2) is 23.8 Å². The third-order valence-corrected chi connectivity index (χ3v) is 10.5. The van der Waals surface area contributed by atoms with E-state index in [0.717, 1.165) is 32.1 Å². The number of amides is 2. The fourth-order valence-electron chi connectivity index (χ4n) is 9.24. The Labute approximate surface area is 247 Å². The Bertz CT molecular complexity index is 1220. The third-order valence-electron chi connectivity index (χ3n) is 10.5. The molecule has 4 saturated carbocycles. The molecule has 4 fully saturated rings. The standard InChI is InChI=1S/C33H44N2O7/c1-3-4-5-27(38)35(18-33-14-19-8-20(15-33)10-21(9-19)16-33)25-13-24(32(40)34-6-7-36)28-23-11-22(17-37)12-26(41-2)30(23)42-31(28)29(25)39/h11-13,17,19-21,25,28-29,31,36,39H,3-10,14-16,18H2,1-2H3,(H,34,40)/t19?,20?,21?,25-,28+,29+,31+,33?/m1/s1. The van der Waals surface area contributed by atoms with E-state index in [1.165, 1.54) is 26.4 Å². The molecule has 7 rings (SSSR count). The van der Waals surface area contributed by atoms with Gasteiger partial charge in [-0.25, -0.2) is 0 Å². The zero-order valence-electron chi connectivity index (χ0n) is 24.7. The van der Waals surface area contributed by atoms with Gasteiger partial charge in [-0.05, 0) is 86.3 Å². The lowest BCUT2D eigenvalue weighted by molar-refractivity contribution is -0.145. The monoisotopic (exact) mass is 580 g/mol. The van der Waals surface area contributed by atoms with Crippen LogP contribution in [0.2, 0.25) is 0 Å². The van der Waals surface area contributed by atoms with Crippen molar-refractivity contribution >= 4 is 18.1 Å². The van der Waals surface area contributed by atoms with E-state index in [1.807, 2.05) is 4.90 Å². The molecule has 0 saturated heterocycles. The molecule has 0 spiro atoms.